The molecular formula is C18H30N6O4. The Kier molecular flexibility index (Phi) is 6.33. The van der Waals surface area contributed by atoms with Crippen molar-refractivity contribution in [3.8, 4) is 0 Å². The highest BCUT2D eigenvalue weighted by Gasteiger charge is 2.45. The summed E-state index contributed by atoms with van der Waals surface area (Å²) in [5.74, 6) is 1.30. The third-order valence-corrected chi connectivity index (χ3v) is 5.32. The summed E-state index contributed by atoms with van der Waals surface area (Å²) in [4.78, 5) is 17.8. The number of hydrogen-bond acceptors (Lipinski definition) is 9. The Hall–Kier alpha value is -2.01. The molecule has 1 fully saturated rings. The molecule has 3 heterocycles. The molecule has 10 nitrogen and oxygen atoms in total. The number of anilines is 2. The van der Waals surface area contributed by atoms with Crippen LogP contribution >= 0.6 is 0 Å². The van der Waals surface area contributed by atoms with Gasteiger partial charge in [0.25, 0.3) is 0 Å². The number of nitrogens with zero attached hydrogens (tertiary/aromatic N) is 6. The van der Waals surface area contributed by atoms with Crippen LogP contribution in [0.3, 0.4) is 0 Å². The molecule has 1 saturated heterocycles. The SMILES string of the molecule is CCN(CC)c1ncnc2c1nc(N(CC)CC)n2[C@@H]1O[C@H](CO)[C@@H](O)[C@H]1O. The van der Waals surface area contributed by atoms with E-state index in [1.165, 1.54) is 6.33 Å². The fourth-order valence-corrected chi connectivity index (χ4v) is 3.70. The summed E-state index contributed by atoms with van der Waals surface area (Å²) < 4.78 is 7.50. The topological polar surface area (TPSA) is 120 Å². The van der Waals surface area contributed by atoms with E-state index in [9.17, 15) is 15.3 Å². The van der Waals surface area contributed by atoms with Gasteiger partial charge in [-0.2, -0.15) is 0 Å². The zero-order valence-electron chi connectivity index (χ0n) is 16.9. The van der Waals surface area contributed by atoms with Crippen molar-refractivity contribution in [2.45, 2.75) is 52.2 Å². The molecule has 1 aliphatic heterocycles. The van der Waals surface area contributed by atoms with Crippen LogP contribution in [0.15, 0.2) is 6.33 Å². The Morgan fingerprint density at radius 3 is 2.18 bits per heavy atom. The van der Waals surface area contributed by atoms with Crippen LogP contribution in [0.2, 0.25) is 0 Å². The molecule has 0 saturated carbocycles. The van der Waals surface area contributed by atoms with Gasteiger partial charge in [0.05, 0.1) is 6.61 Å². The Morgan fingerprint density at radius 2 is 1.64 bits per heavy atom. The van der Waals surface area contributed by atoms with Gasteiger partial charge in [0.15, 0.2) is 23.2 Å². The molecule has 2 aromatic rings. The minimum atomic E-state index is -1.21. The number of aliphatic hydroxyl groups is 3. The van der Waals surface area contributed by atoms with Crippen LogP contribution in [0.1, 0.15) is 33.9 Å². The first-order chi connectivity index (χ1) is 13.5. The number of fused-ring (bicyclic) bond motifs is 1. The molecule has 0 radical (unpaired) electrons. The first-order valence-corrected chi connectivity index (χ1v) is 9.87. The third kappa shape index (κ3) is 3.30. The molecule has 0 spiro atoms. The minimum Gasteiger partial charge on any atom is -0.394 e. The van der Waals surface area contributed by atoms with Gasteiger partial charge in [0.2, 0.25) is 5.95 Å². The quantitative estimate of drug-likeness (QED) is 0.574. The molecule has 3 N–H and O–H groups in total. The van der Waals surface area contributed by atoms with Crippen molar-refractivity contribution in [1.82, 2.24) is 19.5 Å². The molecule has 28 heavy (non-hydrogen) atoms. The molecule has 10 heteroatoms. The third-order valence-electron chi connectivity index (χ3n) is 5.32. The lowest BCUT2D eigenvalue weighted by Crippen LogP contribution is -2.34. The van der Waals surface area contributed by atoms with E-state index in [0.29, 0.717) is 36.0 Å². The van der Waals surface area contributed by atoms with Gasteiger partial charge in [-0.15, -0.1) is 0 Å². The second-order valence-electron chi connectivity index (χ2n) is 6.72. The average Bonchev–Trinajstić information content (AvgIpc) is 3.22. The van der Waals surface area contributed by atoms with Gasteiger partial charge in [-0.3, -0.25) is 4.57 Å². The lowest BCUT2D eigenvalue weighted by molar-refractivity contribution is -0.0504. The van der Waals surface area contributed by atoms with Crippen LogP contribution in [0.5, 0.6) is 0 Å². The molecular weight excluding hydrogens is 364 g/mol. The second-order valence-corrected chi connectivity index (χ2v) is 6.72. The Balaban J connectivity index is 2.22. The van der Waals surface area contributed by atoms with Crippen molar-refractivity contribution in [2.75, 3.05) is 42.6 Å². The zero-order valence-corrected chi connectivity index (χ0v) is 16.9. The standard InChI is InChI=1S/C18H30N6O4/c1-5-22(6-2)15-12-16(20-10-19-15)24(18(21-12)23(7-3)8-4)17-14(27)13(26)11(9-25)28-17/h10-11,13-14,17,25-27H,5-9H2,1-4H3/t11-,13-,14-,17-/m1/s1. The highest BCUT2D eigenvalue weighted by molar-refractivity contribution is 5.86. The average molecular weight is 394 g/mol. The molecule has 3 rings (SSSR count). The second kappa shape index (κ2) is 8.56. The van der Waals surface area contributed by atoms with E-state index in [1.807, 2.05) is 32.6 Å². The number of imidazole rings is 1. The Morgan fingerprint density at radius 1 is 1.00 bits per heavy atom. The van der Waals surface area contributed by atoms with E-state index < -0.39 is 24.5 Å². The smallest absolute Gasteiger partial charge is 0.210 e. The Bertz CT molecular complexity index is 792. The number of rotatable bonds is 8. The summed E-state index contributed by atoms with van der Waals surface area (Å²) in [6, 6.07) is 0. The van der Waals surface area contributed by atoms with Crippen LogP contribution in [0.4, 0.5) is 11.8 Å². The first kappa shape index (κ1) is 20.7. The van der Waals surface area contributed by atoms with Crippen molar-refractivity contribution in [3.05, 3.63) is 6.33 Å². The summed E-state index contributed by atoms with van der Waals surface area (Å²) >= 11 is 0. The van der Waals surface area contributed by atoms with E-state index in [0.717, 1.165) is 13.1 Å². The highest BCUT2D eigenvalue weighted by Crippen LogP contribution is 2.37. The van der Waals surface area contributed by atoms with Crippen molar-refractivity contribution in [2.24, 2.45) is 0 Å². The van der Waals surface area contributed by atoms with Crippen molar-refractivity contribution >= 4 is 22.9 Å². The number of aromatic nitrogens is 4. The maximum atomic E-state index is 10.6. The zero-order chi connectivity index (χ0) is 20.4. The van der Waals surface area contributed by atoms with Gasteiger partial charge in [0.1, 0.15) is 24.6 Å². The fourth-order valence-electron chi connectivity index (χ4n) is 3.70. The predicted molar refractivity (Wildman–Crippen MR) is 105 cm³/mol. The van der Waals surface area contributed by atoms with Gasteiger partial charge >= 0.3 is 0 Å². The van der Waals surface area contributed by atoms with E-state index in [-0.39, 0.29) is 6.61 Å². The largest absolute Gasteiger partial charge is 0.394 e. The van der Waals surface area contributed by atoms with Crippen LogP contribution in [-0.2, 0) is 4.74 Å². The van der Waals surface area contributed by atoms with Gasteiger partial charge < -0.3 is 29.9 Å². The molecule has 4 atom stereocenters. The first-order valence-electron chi connectivity index (χ1n) is 9.87. The van der Waals surface area contributed by atoms with Gasteiger partial charge in [-0.25, -0.2) is 15.0 Å². The van der Waals surface area contributed by atoms with E-state index in [1.54, 1.807) is 4.57 Å². The number of ether oxygens (including phenoxy) is 1. The predicted octanol–water partition coefficient (Wildman–Crippen LogP) is 0.130. The summed E-state index contributed by atoms with van der Waals surface area (Å²) in [5, 5.41) is 30.3. The summed E-state index contributed by atoms with van der Waals surface area (Å²) in [7, 11) is 0. The molecule has 0 aliphatic carbocycles. The number of aliphatic hydroxyl groups excluding tert-OH is 3. The van der Waals surface area contributed by atoms with Crippen LogP contribution in [0, 0.1) is 0 Å². The normalized spacial score (nSPS) is 24.8. The van der Waals surface area contributed by atoms with Gasteiger partial charge in [0, 0.05) is 26.2 Å². The number of hydrogen-bond donors (Lipinski definition) is 3. The maximum Gasteiger partial charge on any atom is 0.210 e. The van der Waals surface area contributed by atoms with Crippen molar-refractivity contribution < 1.29 is 20.1 Å². The van der Waals surface area contributed by atoms with Gasteiger partial charge in [-0.1, -0.05) is 0 Å². The lowest BCUT2D eigenvalue weighted by Gasteiger charge is -2.25. The summed E-state index contributed by atoms with van der Waals surface area (Å²) in [6.07, 6.45) is -2.71. The van der Waals surface area contributed by atoms with Crippen molar-refractivity contribution in [1.29, 1.82) is 0 Å². The molecule has 1 aliphatic rings. The van der Waals surface area contributed by atoms with Crippen LogP contribution in [0.25, 0.3) is 11.2 Å². The van der Waals surface area contributed by atoms with Crippen LogP contribution in [-0.4, -0.2) is 85.9 Å². The molecule has 2 aromatic heterocycles. The van der Waals surface area contributed by atoms with E-state index in [4.69, 9.17) is 9.72 Å². The molecule has 0 amide bonds. The van der Waals surface area contributed by atoms with Crippen molar-refractivity contribution in [3.63, 3.8) is 0 Å². The molecule has 0 unspecified atom stereocenters. The summed E-state index contributed by atoms with van der Waals surface area (Å²) in [6.45, 7) is 10.7. The maximum absolute atomic E-state index is 10.6. The van der Waals surface area contributed by atoms with Crippen LogP contribution < -0.4 is 9.80 Å². The monoisotopic (exact) mass is 394 g/mol. The molecule has 156 valence electrons. The molecule has 0 bridgehead atoms. The van der Waals surface area contributed by atoms with E-state index in [2.05, 4.69) is 14.9 Å². The summed E-state index contributed by atoms with van der Waals surface area (Å²) in [5.41, 5.74) is 1.14. The lowest BCUT2D eigenvalue weighted by atomic mass is 10.1. The highest BCUT2D eigenvalue weighted by atomic mass is 16.6. The van der Waals surface area contributed by atoms with E-state index >= 15 is 0 Å². The fraction of sp³-hybridized carbons (Fsp3) is 0.722. The van der Waals surface area contributed by atoms with Gasteiger partial charge in [-0.05, 0) is 27.7 Å². The minimum absolute atomic E-state index is 0.387. The molecule has 0 aromatic carbocycles. The Labute approximate surface area is 164 Å².